The summed E-state index contributed by atoms with van der Waals surface area (Å²) in [6.45, 7) is 4.62. The van der Waals surface area contributed by atoms with E-state index in [4.69, 9.17) is 5.84 Å². The molecule has 0 saturated carbocycles. The first kappa shape index (κ1) is 15.4. The quantitative estimate of drug-likeness (QED) is 0.638. The molecule has 1 rings (SSSR count). The largest absolute Gasteiger partial charge is 0.342 e. The number of carbonyl (C=O) groups is 1. The van der Waals surface area contributed by atoms with E-state index in [2.05, 4.69) is 0 Å². The number of nitrogens with two attached hydrogens (primary N) is 1. The van der Waals surface area contributed by atoms with Crippen LogP contribution in [-0.2, 0) is 0 Å². The molecular formula is C13H19F2N3O. The van der Waals surface area contributed by atoms with Gasteiger partial charge in [-0.05, 0) is 24.5 Å². The van der Waals surface area contributed by atoms with Crippen molar-refractivity contribution in [3.63, 3.8) is 0 Å². The number of benzene rings is 1. The Balaban J connectivity index is 2.88. The van der Waals surface area contributed by atoms with Gasteiger partial charge in [0.05, 0.1) is 0 Å². The summed E-state index contributed by atoms with van der Waals surface area (Å²) in [6.07, 6.45) is 0.829. The predicted molar refractivity (Wildman–Crippen MR) is 70.6 cm³/mol. The van der Waals surface area contributed by atoms with Gasteiger partial charge in [0, 0.05) is 19.2 Å². The molecule has 1 aromatic carbocycles. The van der Waals surface area contributed by atoms with Gasteiger partial charge in [-0.1, -0.05) is 13.8 Å². The number of nitrogen functional groups attached to an aromatic ring is 1. The lowest BCUT2D eigenvalue weighted by molar-refractivity contribution is 0.0788. The molecule has 4 nitrogen and oxygen atoms in total. The van der Waals surface area contributed by atoms with Crippen LogP contribution in [0, 0.1) is 17.6 Å². The van der Waals surface area contributed by atoms with Gasteiger partial charge in [-0.3, -0.25) is 10.6 Å². The summed E-state index contributed by atoms with van der Waals surface area (Å²) in [7, 11) is 1.61. The van der Waals surface area contributed by atoms with Gasteiger partial charge in [0.25, 0.3) is 5.91 Å². The highest BCUT2D eigenvalue weighted by molar-refractivity contribution is 5.94. The number of carbonyl (C=O) groups excluding carboxylic acids is 1. The van der Waals surface area contributed by atoms with Crippen molar-refractivity contribution in [3.8, 4) is 0 Å². The van der Waals surface area contributed by atoms with Gasteiger partial charge in [-0.15, -0.1) is 0 Å². The minimum absolute atomic E-state index is 0.0275. The zero-order valence-electron chi connectivity index (χ0n) is 11.3. The number of anilines is 1. The molecule has 0 aliphatic rings. The number of halogens is 2. The van der Waals surface area contributed by atoms with Crippen LogP contribution in [-0.4, -0.2) is 24.4 Å². The van der Waals surface area contributed by atoms with Gasteiger partial charge in [0.1, 0.15) is 5.69 Å². The van der Waals surface area contributed by atoms with E-state index in [1.807, 2.05) is 19.3 Å². The molecule has 6 heteroatoms. The first-order valence-electron chi connectivity index (χ1n) is 6.08. The Morgan fingerprint density at radius 3 is 2.32 bits per heavy atom. The Kier molecular flexibility index (Phi) is 5.23. The second-order valence-electron chi connectivity index (χ2n) is 4.87. The van der Waals surface area contributed by atoms with Gasteiger partial charge >= 0.3 is 0 Å². The van der Waals surface area contributed by atoms with E-state index in [-0.39, 0.29) is 5.56 Å². The summed E-state index contributed by atoms with van der Waals surface area (Å²) in [5, 5.41) is 0. The molecule has 0 spiro atoms. The van der Waals surface area contributed by atoms with Crippen LogP contribution >= 0.6 is 0 Å². The van der Waals surface area contributed by atoms with Crippen LogP contribution in [0.1, 0.15) is 30.6 Å². The minimum atomic E-state index is -0.886. The predicted octanol–water partition coefficient (Wildman–Crippen LogP) is 2.37. The highest BCUT2D eigenvalue weighted by Gasteiger charge is 2.17. The Bertz CT molecular complexity index is 440. The maximum atomic E-state index is 13.5. The Morgan fingerprint density at radius 2 is 1.89 bits per heavy atom. The summed E-state index contributed by atoms with van der Waals surface area (Å²) in [5.41, 5.74) is 1.45. The molecule has 0 aromatic heterocycles. The van der Waals surface area contributed by atoms with Crippen molar-refractivity contribution in [2.75, 3.05) is 19.0 Å². The Morgan fingerprint density at radius 1 is 1.37 bits per heavy atom. The van der Waals surface area contributed by atoms with Crippen LogP contribution < -0.4 is 11.3 Å². The molecule has 0 aliphatic heterocycles. The van der Waals surface area contributed by atoms with Crippen LogP contribution in [0.4, 0.5) is 14.5 Å². The van der Waals surface area contributed by atoms with Crippen LogP contribution in [0.25, 0.3) is 0 Å². The smallest absolute Gasteiger partial charge is 0.253 e. The van der Waals surface area contributed by atoms with Crippen molar-refractivity contribution < 1.29 is 13.6 Å². The van der Waals surface area contributed by atoms with Crippen molar-refractivity contribution in [1.82, 2.24) is 4.90 Å². The summed E-state index contributed by atoms with van der Waals surface area (Å²) >= 11 is 0. The number of hydrogen-bond donors (Lipinski definition) is 2. The average molecular weight is 271 g/mol. The molecule has 0 fully saturated rings. The van der Waals surface area contributed by atoms with Crippen LogP contribution in [0.2, 0.25) is 0 Å². The van der Waals surface area contributed by atoms with Gasteiger partial charge in [0.15, 0.2) is 11.6 Å². The molecular weight excluding hydrogens is 252 g/mol. The standard InChI is InChI=1S/C13H19F2N3O/c1-8(2)4-5-18(3)13(19)9-6-10(14)12(17-16)11(15)7-9/h6-8,17H,4-5,16H2,1-3H3. The molecule has 1 amide bonds. The van der Waals surface area contributed by atoms with E-state index in [1.165, 1.54) is 4.90 Å². The Hall–Kier alpha value is -1.69. The fraction of sp³-hybridized carbons (Fsp3) is 0.462. The molecule has 0 saturated heterocycles. The maximum Gasteiger partial charge on any atom is 0.253 e. The average Bonchev–Trinajstić information content (AvgIpc) is 2.34. The maximum absolute atomic E-state index is 13.5. The van der Waals surface area contributed by atoms with Gasteiger partial charge < -0.3 is 10.3 Å². The number of hydrazine groups is 1. The summed E-state index contributed by atoms with van der Waals surface area (Å²) in [6, 6.07) is 1.96. The normalized spacial score (nSPS) is 10.7. The number of nitrogens with zero attached hydrogens (tertiary/aromatic N) is 1. The van der Waals surface area contributed by atoms with E-state index >= 15 is 0 Å². The molecule has 0 atom stereocenters. The van der Waals surface area contributed by atoms with Gasteiger partial charge in [0.2, 0.25) is 0 Å². The molecule has 0 unspecified atom stereocenters. The first-order valence-corrected chi connectivity index (χ1v) is 6.08. The molecule has 106 valence electrons. The van der Waals surface area contributed by atoms with Crippen molar-refractivity contribution in [1.29, 1.82) is 0 Å². The van der Waals surface area contributed by atoms with Crippen molar-refractivity contribution >= 4 is 11.6 Å². The second kappa shape index (κ2) is 6.47. The summed E-state index contributed by atoms with van der Waals surface area (Å²) in [5.74, 6) is 3.26. The van der Waals surface area contributed by atoms with Crippen LogP contribution in [0.5, 0.6) is 0 Å². The second-order valence-corrected chi connectivity index (χ2v) is 4.87. The number of amides is 1. The third-order valence-corrected chi connectivity index (χ3v) is 2.82. The third kappa shape index (κ3) is 3.89. The Labute approximate surface area is 111 Å². The fourth-order valence-electron chi connectivity index (χ4n) is 1.61. The lowest BCUT2D eigenvalue weighted by atomic mass is 10.1. The van der Waals surface area contributed by atoms with Crippen LogP contribution in [0.3, 0.4) is 0 Å². The number of nitrogens with one attached hydrogen (secondary N) is 1. The topological polar surface area (TPSA) is 58.4 Å². The highest BCUT2D eigenvalue weighted by Crippen LogP contribution is 2.20. The zero-order valence-corrected chi connectivity index (χ0v) is 11.3. The lowest BCUT2D eigenvalue weighted by Gasteiger charge is -2.18. The molecule has 0 radical (unpaired) electrons. The lowest BCUT2D eigenvalue weighted by Crippen LogP contribution is -2.28. The first-order chi connectivity index (χ1) is 8.86. The SMILES string of the molecule is CC(C)CCN(C)C(=O)c1cc(F)c(NN)c(F)c1. The van der Waals surface area contributed by atoms with E-state index in [0.717, 1.165) is 18.6 Å². The third-order valence-electron chi connectivity index (χ3n) is 2.82. The van der Waals surface area contributed by atoms with E-state index in [1.54, 1.807) is 7.05 Å². The number of hydrogen-bond acceptors (Lipinski definition) is 3. The van der Waals surface area contributed by atoms with Gasteiger partial charge in [-0.2, -0.15) is 0 Å². The zero-order chi connectivity index (χ0) is 14.6. The van der Waals surface area contributed by atoms with E-state index < -0.39 is 23.2 Å². The summed E-state index contributed by atoms with van der Waals surface area (Å²) in [4.78, 5) is 13.5. The summed E-state index contributed by atoms with van der Waals surface area (Å²) < 4.78 is 27.0. The van der Waals surface area contributed by atoms with E-state index in [9.17, 15) is 13.6 Å². The van der Waals surface area contributed by atoms with Crippen LogP contribution in [0.15, 0.2) is 12.1 Å². The van der Waals surface area contributed by atoms with Crippen molar-refractivity contribution in [3.05, 3.63) is 29.3 Å². The molecule has 0 bridgehead atoms. The molecule has 0 aliphatic carbocycles. The highest BCUT2D eigenvalue weighted by atomic mass is 19.1. The fourth-order valence-corrected chi connectivity index (χ4v) is 1.61. The van der Waals surface area contributed by atoms with Gasteiger partial charge in [-0.25, -0.2) is 8.78 Å². The molecule has 3 N–H and O–H groups in total. The van der Waals surface area contributed by atoms with E-state index in [0.29, 0.717) is 12.5 Å². The molecule has 1 aromatic rings. The van der Waals surface area contributed by atoms with Crippen molar-refractivity contribution in [2.45, 2.75) is 20.3 Å². The molecule has 19 heavy (non-hydrogen) atoms. The van der Waals surface area contributed by atoms with Crippen molar-refractivity contribution in [2.24, 2.45) is 11.8 Å². The molecule has 0 heterocycles. The minimum Gasteiger partial charge on any atom is -0.342 e. The number of rotatable bonds is 5. The monoisotopic (exact) mass is 271 g/mol.